The number of carboxylic acids is 1. The molecule has 2 rings (SSSR count). The van der Waals surface area contributed by atoms with Gasteiger partial charge in [0.25, 0.3) is 0 Å². The fourth-order valence-electron chi connectivity index (χ4n) is 2.15. The van der Waals surface area contributed by atoms with E-state index < -0.39 is 11.4 Å². The molecule has 5 heteroatoms. The van der Waals surface area contributed by atoms with Crippen molar-refractivity contribution in [1.82, 2.24) is 0 Å². The van der Waals surface area contributed by atoms with Crippen molar-refractivity contribution in [1.29, 1.82) is 0 Å². The highest BCUT2D eigenvalue weighted by Crippen LogP contribution is 2.55. The van der Waals surface area contributed by atoms with Crippen molar-refractivity contribution in [2.45, 2.75) is 25.2 Å². The normalized spacial score (nSPS) is 16.6. The molecule has 0 unspecified atom stereocenters. The van der Waals surface area contributed by atoms with Gasteiger partial charge in [0, 0.05) is 16.7 Å². The number of benzene rings is 1. The first-order valence-electron chi connectivity index (χ1n) is 5.24. The molecule has 0 saturated heterocycles. The summed E-state index contributed by atoms with van der Waals surface area (Å²) in [6.07, 6.45) is 1.03. The zero-order valence-electron chi connectivity index (χ0n) is 9.58. The minimum atomic E-state index is -0.994. The van der Waals surface area contributed by atoms with Crippen molar-refractivity contribution >= 4 is 17.6 Å². The molecule has 0 bridgehead atoms. The second kappa shape index (κ2) is 3.81. The molecule has 0 amide bonds. The Kier molecular flexibility index (Phi) is 2.70. The predicted molar refractivity (Wildman–Crippen MR) is 63.0 cm³/mol. The van der Waals surface area contributed by atoms with Crippen LogP contribution >= 0.6 is 11.6 Å². The number of hydrogen-bond acceptors (Lipinski definition) is 3. The van der Waals surface area contributed by atoms with Gasteiger partial charge in [0.2, 0.25) is 0 Å². The van der Waals surface area contributed by atoms with Crippen molar-refractivity contribution in [3.63, 3.8) is 0 Å². The van der Waals surface area contributed by atoms with Crippen LogP contribution in [0.25, 0.3) is 0 Å². The van der Waals surface area contributed by atoms with Gasteiger partial charge in [-0.25, -0.2) is 0 Å². The quantitative estimate of drug-likeness (QED) is 0.872. The second-order valence-corrected chi connectivity index (χ2v) is 4.70. The molecule has 1 fully saturated rings. The zero-order valence-corrected chi connectivity index (χ0v) is 10.3. The Morgan fingerprint density at radius 1 is 1.53 bits per heavy atom. The molecule has 1 aromatic rings. The Balaban J connectivity index is 2.69. The van der Waals surface area contributed by atoms with E-state index in [0.29, 0.717) is 29.0 Å². The number of methoxy groups -OCH3 is 1. The molecular formula is C12H13ClO4. The Morgan fingerprint density at radius 3 is 2.53 bits per heavy atom. The van der Waals surface area contributed by atoms with Gasteiger partial charge in [-0.15, -0.1) is 0 Å². The van der Waals surface area contributed by atoms with Crippen molar-refractivity contribution in [3.8, 4) is 11.5 Å². The number of phenolic OH excluding ortho intramolecular Hbond substituents is 1. The van der Waals surface area contributed by atoms with Crippen LogP contribution in [0.4, 0.5) is 0 Å². The summed E-state index contributed by atoms with van der Waals surface area (Å²) in [4.78, 5) is 11.3. The Bertz CT molecular complexity index is 492. The van der Waals surface area contributed by atoms with E-state index in [1.807, 2.05) is 0 Å². The highest BCUT2D eigenvalue weighted by atomic mass is 35.5. The highest BCUT2D eigenvalue weighted by Gasteiger charge is 2.54. The molecule has 1 aliphatic carbocycles. The van der Waals surface area contributed by atoms with Crippen molar-refractivity contribution in [2.75, 3.05) is 7.11 Å². The molecule has 0 heterocycles. The number of ether oxygens (including phenoxy) is 1. The summed E-state index contributed by atoms with van der Waals surface area (Å²) in [6.45, 7) is 1.71. The smallest absolute Gasteiger partial charge is 0.314 e. The SMILES string of the molecule is COc1cc(Cl)c(C)c(C2(C(=O)O)CC2)c1O. The summed E-state index contributed by atoms with van der Waals surface area (Å²) in [5.41, 5.74) is -0.00832. The maximum atomic E-state index is 11.3. The number of rotatable bonds is 3. The molecule has 1 aromatic carbocycles. The van der Waals surface area contributed by atoms with Gasteiger partial charge in [-0.1, -0.05) is 11.6 Å². The summed E-state index contributed by atoms with van der Waals surface area (Å²) in [5.74, 6) is -0.836. The van der Waals surface area contributed by atoms with Crippen LogP contribution in [0.15, 0.2) is 6.07 Å². The molecule has 2 N–H and O–H groups in total. The van der Waals surface area contributed by atoms with Crippen LogP contribution in [0.1, 0.15) is 24.0 Å². The maximum absolute atomic E-state index is 11.3. The van der Waals surface area contributed by atoms with Crippen LogP contribution in [0, 0.1) is 6.92 Å². The van der Waals surface area contributed by atoms with E-state index in [4.69, 9.17) is 16.3 Å². The molecule has 0 atom stereocenters. The molecule has 1 saturated carbocycles. The third kappa shape index (κ3) is 1.63. The van der Waals surface area contributed by atoms with Gasteiger partial charge in [0.1, 0.15) is 0 Å². The Morgan fingerprint density at radius 2 is 2.12 bits per heavy atom. The fourth-order valence-corrected chi connectivity index (χ4v) is 2.34. The van der Waals surface area contributed by atoms with Gasteiger partial charge >= 0.3 is 5.97 Å². The van der Waals surface area contributed by atoms with Crippen LogP contribution < -0.4 is 4.74 Å². The van der Waals surface area contributed by atoms with E-state index in [-0.39, 0.29) is 11.5 Å². The number of phenols is 1. The summed E-state index contributed by atoms with van der Waals surface area (Å²) < 4.78 is 5.00. The summed E-state index contributed by atoms with van der Waals surface area (Å²) in [6, 6.07) is 1.49. The number of aliphatic carboxylic acids is 1. The molecule has 0 radical (unpaired) electrons. The first-order chi connectivity index (χ1) is 7.94. The molecular weight excluding hydrogens is 244 g/mol. The number of aromatic hydroxyl groups is 1. The minimum Gasteiger partial charge on any atom is -0.504 e. The Labute approximate surface area is 104 Å². The van der Waals surface area contributed by atoms with Crippen LogP contribution in [-0.4, -0.2) is 23.3 Å². The average Bonchev–Trinajstić information content (AvgIpc) is 3.05. The van der Waals surface area contributed by atoms with Gasteiger partial charge in [-0.2, -0.15) is 0 Å². The molecule has 0 aliphatic heterocycles. The third-order valence-corrected chi connectivity index (χ3v) is 3.71. The Hall–Kier alpha value is -1.42. The van der Waals surface area contributed by atoms with E-state index in [1.165, 1.54) is 13.2 Å². The van der Waals surface area contributed by atoms with Crippen molar-refractivity contribution < 1.29 is 19.7 Å². The number of carboxylic acid groups (broad SMARTS) is 1. The monoisotopic (exact) mass is 256 g/mol. The van der Waals surface area contributed by atoms with Crippen LogP contribution in [0.2, 0.25) is 5.02 Å². The zero-order chi connectivity index (χ0) is 12.8. The van der Waals surface area contributed by atoms with Gasteiger partial charge < -0.3 is 14.9 Å². The summed E-state index contributed by atoms with van der Waals surface area (Å²) in [7, 11) is 1.41. The largest absolute Gasteiger partial charge is 0.504 e. The van der Waals surface area contributed by atoms with E-state index in [2.05, 4.69) is 0 Å². The topological polar surface area (TPSA) is 66.8 Å². The first-order valence-corrected chi connectivity index (χ1v) is 5.62. The van der Waals surface area contributed by atoms with Crippen LogP contribution in [0.3, 0.4) is 0 Å². The third-order valence-electron chi connectivity index (χ3n) is 3.32. The number of hydrogen-bond donors (Lipinski definition) is 2. The van der Waals surface area contributed by atoms with Gasteiger partial charge in [0.05, 0.1) is 12.5 Å². The van der Waals surface area contributed by atoms with E-state index in [9.17, 15) is 15.0 Å². The molecule has 0 aromatic heterocycles. The predicted octanol–water partition coefficient (Wildman–Crippen LogP) is 2.48. The number of halogens is 1. The summed E-state index contributed by atoms with van der Waals surface area (Å²) >= 11 is 6.02. The fraction of sp³-hybridized carbons (Fsp3) is 0.417. The van der Waals surface area contributed by atoms with E-state index >= 15 is 0 Å². The second-order valence-electron chi connectivity index (χ2n) is 4.30. The van der Waals surface area contributed by atoms with Crippen molar-refractivity contribution in [3.05, 3.63) is 22.2 Å². The summed E-state index contributed by atoms with van der Waals surface area (Å²) in [5, 5.41) is 19.7. The molecule has 4 nitrogen and oxygen atoms in total. The lowest BCUT2D eigenvalue weighted by Gasteiger charge is -2.18. The lowest BCUT2D eigenvalue weighted by molar-refractivity contribution is -0.140. The van der Waals surface area contributed by atoms with E-state index in [0.717, 1.165) is 0 Å². The first kappa shape index (κ1) is 12.0. The lowest BCUT2D eigenvalue weighted by Crippen LogP contribution is -2.21. The molecule has 1 aliphatic rings. The van der Waals surface area contributed by atoms with Crippen LogP contribution in [0.5, 0.6) is 11.5 Å². The van der Waals surface area contributed by atoms with Gasteiger partial charge in [0.15, 0.2) is 11.5 Å². The average molecular weight is 257 g/mol. The minimum absolute atomic E-state index is 0.116. The molecule has 92 valence electrons. The lowest BCUT2D eigenvalue weighted by atomic mass is 9.90. The highest BCUT2D eigenvalue weighted by molar-refractivity contribution is 6.31. The maximum Gasteiger partial charge on any atom is 0.314 e. The number of carbonyl (C=O) groups is 1. The molecule has 0 spiro atoms. The van der Waals surface area contributed by atoms with Crippen LogP contribution in [-0.2, 0) is 10.2 Å². The van der Waals surface area contributed by atoms with Gasteiger partial charge in [-0.3, -0.25) is 4.79 Å². The van der Waals surface area contributed by atoms with E-state index in [1.54, 1.807) is 6.92 Å². The standard InChI is InChI=1S/C12H13ClO4/c1-6-7(13)5-8(17-2)10(14)9(6)12(3-4-12)11(15)16/h5,14H,3-4H2,1-2H3,(H,15,16). The van der Waals surface area contributed by atoms with Crippen molar-refractivity contribution in [2.24, 2.45) is 0 Å². The van der Waals surface area contributed by atoms with Gasteiger partial charge in [-0.05, 0) is 25.3 Å². The molecule has 17 heavy (non-hydrogen) atoms.